The Hall–Kier alpha value is -0.0500. The second-order valence-electron chi connectivity index (χ2n) is 8.28. The van der Waals surface area contributed by atoms with Crippen LogP contribution in [0.15, 0.2) is 0 Å². The number of hydrogen-bond donors (Lipinski definition) is 0. The predicted octanol–water partition coefficient (Wildman–Crippen LogP) is 2.59. The average Bonchev–Trinajstić information content (AvgIpc) is 3.07. The molecule has 2 nitrogen and oxygen atoms in total. The van der Waals surface area contributed by atoms with Crippen molar-refractivity contribution in [3.05, 3.63) is 0 Å². The van der Waals surface area contributed by atoms with Crippen LogP contribution in [0.5, 0.6) is 0 Å². The summed E-state index contributed by atoms with van der Waals surface area (Å²) in [5.41, 5.74) is 0. The van der Waals surface area contributed by atoms with Gasteiger partial charge in [0.15, 0.2) is 9.84 Å². The van der Waals surface area contributed by atoms with Crippen LogP contribution in [0.1, 0.15) is 33.1 Å². The van der Waals surface area contributed by atoms with Gasteiger partial charge in [0.25, 0.3) is 0 Å². The summed E-state index contributed by atoms with van der Waals surface area (Å²) in [6.45, 7) is 4.89. The van der Waals surface area contributed by atoms with Gasteiger partial charge in [-0.3, -0.25) is 0 Å². The van der Waals surface area contributed by atoms with E-state index in [4.69, 9.17) is 0 Å². The average molecular weight is 280 g/mol. The Labute approximate surface area is 116 Å². The molecule has 0 radical (unpaired) electrons. The van der Waals surface area contributed by atoms with Gasteiger partial charge in [-0.1, -0.05) is 13.8 Å². The first-order valence-corrected chi connectivity index (χ1v) is 9.94. The maximum absolute atomic E-state index is 12.4. The van der Waals surface area contributed by atoms with Crippen LogP contribution in [0.4, 0.5) is 0 Å². The second-order valence-corrected chi connectivity index (χ2v) is 10.6. The van der Waals surface area contributed by atoms with Crippen molar-refractivity contribution in [2.45, 2.75) is 38.4 Å². The van der Waals surface area contributed by atoms with E-state index in [2.05, 4.69) is 13.8 Å². The van der Waals surface area contributed by atoms with Gasteiger partial charge in [-0.2, -0.15) is 0 Å². The van der Waals surface area contributed by atoms with E-state index < -0.39 is 9.84 Å². The SMILES string of the molecule is CC1C(C)C2CC1C1C3CC(C21)C1C3CCS1(=O)=O. The molecule has 1 aliphatic heterocycles. The van der Waals surface area contributed by atoms with Crippen molar-refractivity contribution in [2.75, 3.05) is 5.75 Å². The van der Waals surface area contributed by atoms with Gasteiger partial charge in [-0.15, -0.1) is 0 Å². The molecule has 0 aromatic rings. The number of hydrogen-bond acceptors (Lipinski definition) is 2. The van der Waals surface area contributed by atoms with Gasteiger partial charge >= 0.3 is 0 Å². The van der Waals surface area contributed by atoms with E-state index in [0.29, 0.717) is 17.6 Å². The Bertz CT molecular complexity index is 539. The fourth-order valence-corrected chi connectivity index (χ4v) is 10.2. The Morgan fingerprint density at radius 3 is 2.05 bits per heavy atom. The van der Waals surface area contributed by atoms with E-state index in [-0.39, 0.29) is 5.25 Å². The van der Waals surface area contributed by atoms with E-state index in [1.165, 1.54) is 12.8 Å². The molecule has 4 saturated carbocycles. The molecule has 5 fully saturated rings. The number of rotatable bonds is 0. The van der Waals surface area contributed by atoms with Crippen LogP contribution in [-0.4, -0.2) is 19.4 Å². The van der Waals surface area contributed by atoms with Crippen LogP contribution >= 0.6 is 0 Å². The van der Waals surface area contributed by atoms with Gasteiger partial charge in [0.2, 0.25) is 0 Å². The number of fused-ring (bicyclic) bond motifs is 12. The third kappa shape index (κ3) is 1.12. The lowest BCUT2D eigenvalue weighted by Gasteiger charge is -2.44. The molecule has 0 spiro atoms. The summed E-state index contributed by atoms with van der Waals surface area (Å²) in [6, 6.07) is 0. The van der Waals surface area contributed by atoms with Crippen molar-refractivity contribution in [3.63, 3.8) is 0 Å². The molecular weight excluding hydrogens is 256 g/mol. The van der Waals surface area contributed by atoms with Crippen molar-refractivity contribution >= 4 is 9.84 Å². The van der Waals surface area contributed by atoms with Crippen LogP contribution in [0, 0.1) is 53.3 Å². The first-order valence-electron chi connectivity index (χ1n) is 8.22. The quantitative estimate of drug-likeness (QED) is 0.639. The topological polar surface area (TPSA) is 34.1 Å². The fourth-order valence-electron chi connectivity index (χ4n) is 7.67. The third-order valence-corrected chi connectivity index (χ3v) is 10.6. The van der Waals surface area contributed by atoms with E-state index in [9.17, 15) is 8.42 Å². The highest BCUT2D eigenvalue weighted by Gasteiger charge is 2.71. The Morgan fingerprint density at radius 2 is 1.37 bits per heavy atom. The molecule has 3 heteroatoms. The van der Waals surface area contributed by atoms with Gasteiger partial charge in [0, 0.05) is 0 Å². The molecule has 4 aliphatic carbocycles. The number of sulfone groups is 1. The smallest absolute Gasteiger partial charge is 0.153 e. The minimum absolute atomic E-state index is 0.0839. The summed E-state index contributed by atoms with van der Waals surface area (Å²) >= 11 is 0. The summed E-state index contributed by atoms with van der Waals surface area (Å²) in [4.78, 5) is 0. The molecule has 5 aliphatic rings. The Kier molecular flexibility index (Phi) is 1.97. The van der Waals surface area contributed by atoms with Crippen LogP contribution in [0.2, 0.25) is 0 Å². The highest BCUT2D eigenvalue weighted by Crippen LogP contribution is 2.73. The summed E-state index contributed by atoms with van der Waals surface area (Å²) < 4.78 is 24.7. The zero-order valence-corrected chi connectivity index (χ0v) is 12.6. The van der Waals surface area contributed by atoms with Gasteiger partial charge < -0.3 is 0 Å². The highest BCUT2D eigenvalue weighted by atomic mass is 32.2. The predicted molar refractivity (Wildman–Crippen MR) is 74.2 cm³/mol. The molecule has 0 amide bonds. The van der Waals surface area contributed by atoms with E-state index in [0.717, 1.165) is 47.8 Å². The molecule has 106 valence electrons. The fraction of sp³-hybridized carbons (Fsp3) is 1.00. The minimum Gasteiger partial charge on any atom is -0.229 e. The van der Waals surface area contributed by atoms with Crippen LogP contribution in [0.25, 0.3) is 0 Å². The molecule has 0 aromatic heterocycles. The maximum atomic E-state index is 12.4. The van der Waals surface area contributed by atoms with Gasteiger partial charge in [-0.25, -0.2) is 8.42 Å². The zero-order valence-electron chi connectivity index (χ0n) is 11.8. The first-order chi connectivity index (χ1) is 9.00. The summed E-state index contributed by atoms with van der Waals surface area (Å²) in [5, 5.41) is 0.0839. The molecule has 1 saturated heterocycles. The molecule has 10 unspecified atom stereocenters. The van der Waals surface area contributed by atoms with Gasteiger partial charge in [-0.05, 0) is 72.5 Å². The summed E-state index contributed by atoms with van der Waals surface area (Å²) in [6.07, 6.45) is 3.67. The van der Waals surface area contributed by atoms with E-state index in [1.54, 1.807) is 0 Å². The third-order valence-electron chi connectivity index (χ3n) is 8.23. The monoisotopic (exact) mass is 280 g/mol. The molecular formula is C16H24O2S. The van der Waals surface area contributed by atoms with Crippen molar-refractivity contribution in [2.24, 2.45) is 53.3 Å². The Morgan fingerprint density at radius 1 is 0.789 bits per heavy atom. The van der Waals surface area contributed by atoms with Crippen LogP contribution in [0.3, 0.4) is 0 Å². The molecule has 5 rings (SSSR count). The van der Waals surface area contributed by atoms with Crippen molar-refractivity contribution < 1.29 is 8.42 Å². The van der Waals surface area contributed by atoms with Crippen molar-refractivity contribution in [1.29, 1.82) is 0 Å². The van der Waals surface area contributed by atoms with E-state index >= 15 is 0 Å². The first kappa shape index (κ1) is 11.6. The molecule has 4 bridgehead atoms. The largest absolute Gasteiger partial charge is 0.229 e. The highest BCUT2D eigenvalue weighted by molar-refractivity contribution is 7.92. The van der Waals surface area contributed by atoms with Gasteiger partial charge in [0.05, 0.1) is 11.0 Å². The second kappa shape index (κ2) is 3.23. The molecule has 0 N–H and O–H groups in total. The zero-order chi connectivity index (χ0) is 13.1. The summed E-state index contributed by atoms with van der Waals surface area (Å²) in [5.74, 6) is 7.61. The standard InChI is InChI=1S/C16H24O2S/c1-7-8(2)11-5-10(7)14-12-6-13(15(11)14)16-9(12)3-4-19(16,17)18/h7-16H,3-6H2,1-2H3. The lowest BCUT2D eigenvalue weighted by Crippen LogP contribution is -2.44. The van der Waals surface area contributed by atoms with Crippen LogP contribution < -0.4 is 0 Å². The normalized spacial score (nSPS) is 67.5. The molecule has 19 heavy (non-hydrogen) atoms. The van der Waals surface area contributed by atoms with Gasteiger partial charge in [0.1, 0.15) is 0 Å². The Balaban J connectivity index is 1.59. The minimum atomic E-state index is -2.74. The van der Waals surface area contributed by atoms with E-state index in [1.807, 2.05) is 0 Å². The summed E-state index contributed by atoms with van der Waals surface area (Å²) in [7, 11) is -2.74. The van der Waals surface area contributed by atoms with Crippen LogP contribution in [-0.2, 0) is 9.84 Å². The van der Waals surface area contributed by atoms with Crippen molar-refractivity contribution in [1.82, 2.24) is 0 Å². The molecule has 10 atom stereocenters. The lowest BCUT2D eigenvalue weighted by atomic mass is 9.62. The molecule has 1 heterocycles. The van der Waals surface area contributed by atoms with Crippen molar-refractivity contribution in [3.8, 4) is 0 Å². The molecule has 0 aromatic carbocycles. The maximum Gasteiger partial charge on any atom is 0.153 e. The lowest BCUT2D eigenvalue weighted by molar-refractivity contribution is 0.0510.